The third kappa shape index (κ3) is 3.41. The number of carbonyl (C=O) groups excluding carboxylic acids is 2. The summed E-state index contributed by atoms with van der Waals surface area (Å²) in [5.41, 5.74) is 0.667. The number of halogens is 1. The summed E-state index contributed by atoms with van der Waals surface area (Å²) < 4.78 is 0. The van der Waals surface area contributed by atoms with Gasteiger partial charge in [-0.2, -0.15) is 0 Å². The van der Waals surface area contributed by atoms with E-state index in [2.05, 4.69) is 4.98 Å². The summed E-state index contributed by atoms with van der Waals surface area (Å²) in [7, 11) is 0. The predicted octanol–water partition coefficient (Wildman–Crippen LogP) is 3.44. The lowest BCUT2D eigenvalue weighted by molar-refractivity contribution is 0.0636. The number of aryl methyl sites for hydroxylation is 1. The van der Waals surface area contributed by atoms with Crippen LogP contribution >= 0.6 is 22.9 Å². The first-order chi connectivity index (χ1) is 11.9. The first kappa shape index (κ1) is 17.9. The molecule has 0 saturated carbocycles. The van der Waals surface area contributed by atoms with Gasteiger partial charge in [0.2, 0.25) is 0 Å². The summed E-state index contributed by atoms with van der Waals surface area (Å²) in [6.45, 7) is 4.25. The quantitative estimate of drug-likeness (QED) is 0.831. The number of pyridine rings is 1. The minimum Gasteiger partial charge on any atom is -0.338 e. The number of nitrogens with zero attached hydrogens (tertiary/aromatic N) is 1. The number of aromatic amines is 1. The Balaban J connectivity index is 1.85. The molecule has 0 spiro atoms. The molecule has 0 aliphatic carbocycles. The lowest BCUT2D eigenvalue weighted by Crippen LogP contribution is -2.44. The van der Waals surface area contributed by atoms with Crippen molar-refractivity contribution >= 4 is 34.6 Å². The SMILES string of the molecule is Cc1[nH]c(=O)c(C(=O)N2CCC[C@@H](C(=O)c3cccs3)C2)c(C)c1Cl. The van der Waals surface area contributed by atoms with Crippen LogP contribution in [0.25, 0.3) is 0 Å². The summed E-state index contributed by atoms with van der Waals surface area (Å²) in [5, 5.41) is 2.27. The maximum Gasteiger partial charge on any atom is 0.261 e. The van der Waals surface area contributed by atoms with Crippen LogP contribution in [0.2, 0.25) is 5.02 Å². The van der Waals surface area contributed by atoms with Crippen molar-refractivity contribution in [2.75, 3.05) is 13.1 Å². The van der Waals surface area contributed by atoms with Gasteiger partial charge in [-0.15, -0.1) is 11.3 Å². The average molecular weight is 379 g/mol. The number of carbonyl (C=O) groups is 2. The maximum atomic E-state index is 12.9. The highest BCUT2D eigenvalue weighted by Gasteiger charge is 2.31. The Labute approximate surface area is 154 Å². The van der Waals surface area contributed by atoms with Crippen LogP contribution in [0.1, 0.15) is 44.1 Å². The van der Waals surface area contributed by atoms with Gasteiger partial charge in [-0.05, 0) is 43.7 Å². The second-order valence-electron chi connectivity index (χ2n) is 6.32. The number of hydrogen-bond acceptors (Lipinski definition) is 4. The van der Waals surface area contributed by atoms with Gasteiger partial charge in [-0.1, -0.05) is 17.7 Å². The highest BCUT2D eigenvalue weighted by Crippen LogP contribution is 2.25. The molecule has 1 saturated heterocycles. The van der Waals surface area contributed by atoms with Crippen molar-refractivity contribution in [3.63, 3.8) is 0 Å². The van der Waals surface area contributed by atoms with E-state index in [1.54, 1.807) is 18.7 Å². The average Bonchev–Trinajstić information content (AvgIpc) is 3.13. The summed E-state index contributed by atoms with van der Waals surface area (Å²) >= 11 is 7.60. The predicted molar refractivity (Wildman–Crippen MR) is 98.8 cm³/mol. The second kappa shape index (κ2) is 7.14. The normalized spacial score (nSPS) is 17.6. The van der Waals surface area contributed by atoms with Crippen LogP contribution in [0.3, 0.4) is 0 Å². The Morgan fingerprint density at radius 1 is 1.36 bits per heavy atom. The van der Waals surface area contributed by atoms with Crippen LogP contribution in [0.15, 0.2) is 22.3 Å². The van der Waals surface area contributed by atoms with E-state index >= 15 is 0 Å². The van der Waals surface area contributed by atoms with Crippen LogP contribution in [0.4, 0.5) is 0 Å². The molecule has 3 heterocycles. The molecule has 1 aliphatic rings. The van der Waals surface area contributed by atoms with Gasteiger partial charge in [0.15, 0.2) is 5.78 Å². The van der Waals surface area contributed by atoms with Gasteiger partial charge in [0.05, 0.1) is 9.90 Å². The minimum atomic E-state index is -0.434. The molecule has 2 aromatic rings. The number of rotatable bonds is 3. The van der Waals surface area contributed by atoms with Gasteiger partial charge in [0.25, 0.3) is 11.5 Å². The van der Waals surface area contributed by atoms with Gasteiger partial charge in [0, 0.05) is 24.7 Å². The number of ketones is 1. The molecule has 25 heavy (non-hydrogen) atoms. The largest absolute Gasteiger partial charge is 0.338 e. The molecule has 0 radical (unpaired) electrons. The number of aromatic nitrogens is 1. The zero-order chi connectivity index (χ0) is 18.1. The number of nitrogens with one attached hydrogen (secondary N) is 1. The van der Waals surface area contributed by atoms with Gasteiger partial charge in [-0.25, -0.2) is 0 Å². The molecular weight excluding hydrogens is 360 g/mol. The molecule has 1 amide bonds. The van der Waals surface area contributed by atoms with E-state index in [0.29, 0.717) is 34.2 Å². The molecule has 5 nitrogen and oxygen atoms in total. The minimum absolute atomic E-state index is 0.0693. The fourth-order valence-electron chi connectivity index (χ4n) is 3.26. The Kier molecular flexibility index (Phi) is 5.11. The molecule has 0 aromatic carbocycles. The van der Waals surface area contributed by atoms with E-state index < -0.39 is 5.56 Å². The molecule has 1 fully saturated rings. The number of amides is 1. The molecule has 1 atom stereocenters. The van der Waals surface area contributed by atoms with Crippen molar-refractivity contribution in [1.29, 1.82) is 0 Å². The Hall–Kier alpha value is -1.92. The molecule has 2 aromatic heterocycles. The Morgan fingerprint density at radius 2 is 2.12 bits per heavy atom. The second-order valence-corrected chi connectivity index (χ2v) is 7.65. The van der Waals surface area contributed by atoms with Crippen LogP contribution in [-0.4, -0.2) is 34.7 Å². The number of piperidine rings is 1. The zero-order valence-electron chi connectivity index (χ0n) is 14.1. The standard InChI is InChI=1S/C18H19ClN2O3S/c1-10-14(17(23)20-11(2)15(10)19)18(24)21-7-3-5-12(9-21)16(22)13-6-4-8-25-13/h4,6,8,12H,3,5,7,9H2,1-2H3,(H,20,23)/t12-/m1/s1. The smallest absolute Gasteiger partial charge is 0.261 e. The summed E-state index contributed by atoms with van der Waals surface area (Å²) in [4.78, 5) is 42.7. The molecule has 7 heteroatoms. The van der Waals surface area contributed by atoms with Crippen LogP contribution < -0.4 is 5.56 Å². The highest BCUT2D eigenvalue weighted by molar-refractivity contribution is 7.12. The third-order valence-corrected chi connectivity index (χ3v) is 6.07. The molecule has 132 valence electrons. The van der Waals surface area contributed by atoms with Crippen molar-refractivity contribution in [2.45, 2.75) is 26.7 Å². The third-order valence-electron chi connectivity index (χ3n) is 4.62. The van der Waals surface area contributed by atoms with E-state index in [1.807, 2.05) is 17.5 Å². The number of H-pyrrole nitrogens is 1. The molecule has 1 aliphatic heterocycles. The molecule has 0 bridgehead atoms. The molecule has 1 N–H and O–H groups in total. The first-order valence-corrected chi connectivity index (χ1v) is 9.42. The number of likely N-dealkylation sites (tertiary alicyclic amines) is 1. The van der Waals surface area contributed by atoms with Crippen molar-refractivity contribution in [3.8, 4) is 0 Å². The summed E-state index contributed by atoms with van der Waals surface area (Å²) in [6, 6.07) is 3.66. The number of hydrogen-bond donors (Lipinski definition) is 1. The van der Waals surface area contributed by atoms with Crippen molar-refractivity contribution in [3.05, 3.63) is 54.6 Å². The van der Waals surface area contributed by atoms with E-state index in [1.165, 1.54) is 11.3 Å². The van der Waals surface area contributed by atoms with E-state index in [4.69, 9.17) is 11.6 Å². The maximum absolute atomic E-state index is 12.9. The van der Waals surface area contributed by atoms with Gasteiger partial charge < -0.3 is 9.88 Å². The fraction of sp³-hybridized carbons (Fsp3) is 0.389. The van der Waals surface area contributed by atoms with E-state index in [0.717, 1.165) is 12.8 Å². The van der Waals surface area contributed by atoms with E-state index in [-0.39, 0.29) is 23.2 Å². The number of thiophene rings is 1. The monoisotopic (exact) mass is 378 g/mol. The zero-order valence-corrected chi connectivity index (χ0v) is 15.7. The van der Waals surface area contributed by atoms with Crippen LogP contribution in [0.5, 0.6) is 0 Å². The summed E-state index contributed by atoms with van der Waals surface area (Å²) in [5.74, 6) is -0.513. The molecule has 0 unspecified atom stereocenters. The fourth-order valence-corrected chi connectivity index (χ4v) is 4.15. The Bertz CT molecular complexity index is 873. The number of Topliss-reactive ketones (excluding diaryl/α,β-unsaturated/α-hetero) is 1. The van der Waals surface area contributed by atoms with Gasteiger partial charge in [0.1, 0.15) is 5.56 Å². The molecule has 3 rings (SSSR count). The van der Waals surface area contributed by atoms with Crippen molar-refractivity contribution < 1.29 is 9.59 Å². The van der Waals surface area contributed by atoms with Crippen molar-refractivity contribution in [1.82, 2.24) is 9.88 Å². The van der Waals surface area contributed by atoms with Gasteiger partial charge in [-0.3, -0.25) is 14.4 Å². The van der Waals surface area contributed by atoms with Crippen LogP contribution in [-0.2, 0) is 0 Å². The topological polar surface area (TPSA) is 70.2 Å². The van der Waals surface area contributed by atoms with Gasteiger partial charge >= 0.3 is 0 Å². The highest BCUT2D eigenvalue weighted by atomic mass is 35.5. The lowest BCUT2D eigenvalue weighted by Gasteiger charge is -2.32. The lowest BCUT2D eigenvalue weighted by atomic mass is 9.92. The molecular formula is C18H19ClN2O3S. The van der Waals surface area contributed by atoms with Crippen LogP contribution in [0, 0.1) is 19.8 Å². The summed E-state index contributed by atoms with van der Waals surface area (Å²) in [6.07, 6.45) is 1.49. The van der Waals surface area contributed by atoms with Crippen molar-refractivity contribution in [2.24, 2.45) is 5.92 Å². The van der Waals surface area contributed by atoms with E-state index in [9.17, 15) is 14.4 Å². The first-order valence-electron chi connectivity index (χ1n) is 8.16. The Morgan fingerprint density at radius 3 is 2.80 bits per heavy atom.